The topological polar surface area (TPSA) is 41.6 Å². The lowest BCUT2D eigenvalue weighted by atomic mass is 10.1. The van der Waals surface area contributed by atoms with Crippen molar-refractivity contribution in [1.82, 2.24) is 0 Å². The van der Waals surface area contributed by atoms with Crippen molar-refractivity contribution in [2.24, 2.45) is 5.92 Å². The number of benzene rings is 1. The third-order valence-electron chi connectivity index (χ3n) is 3.20. The van der Waals surface area contributed by atoms with Crippen molar-refractivity contribution >= 4 is 17.3 Å². The Kier molecular flexibility index (Phi) is 6.36. The molecule has 1 amide bonds. The summed E-state index contributed by atoms with van der Waals surface area (Å²) >= 11 is 0. The normalized spacial score (nSPS) is 10.5. The summed E-state index contributed by atoms with van der Waals surface area (Å²) in [5.41, 5.74) is 1.83. The average Bonchev–Trinajstić information content (AvgIpc) is 2.38. The van der Waals surface area contributed by atoms with Crippen molar-refractivity contribution in [2.75, 3.05) is 30.4 Å². The van der Waals surface area contributed by atoms with Gasteiger partial charge in [0.15, 0.2) is 0 Å². The molecule has 1 aromatic carbocycles. The van der Waals surface area contributed by atoms with E-state index >= 15 is 0 Å². The second-order valence-corrected chi connectivity index (χ2v) is 5.33. The van der Waals surface area contributed by atoms with Crippen LogP contribution in [-0.4, -0.2) is 26.1 Å². The van der Waals surface area contributed by atoms with Gasteiger partial charge in [0.25, 0.3) is 0 Å². The maximum Gasteiger partial charge on any atom is 0.221 e. The highest BCUT2D eigenvalue weighted by Crippen LogP contribution is 2.31. The predicted molar refractivity (Wildman–Crippen MR) is 84.6 cm³/mol. The van der Waals surface area contributed by atoms with Gasteiger partial charge in [0.2, 0.25) is 5.91 Å². The molecule has 0 saturated heterocycles. The van der Waals surface area contributed by atoms with Gasteiger partial charge in [0.05, 0.1) is 12.8 Å². The molecule has 0 saturated carbocycles. The van der Waals surface area contributed by atoms with E-state index in [1.807, 2.05) is 18.2 Å². The minimum Gasteiger partial charge on any atom is -0.495 e. The Bertz CT molecular complexity index is 444. The molecule has 0 atom stereocenters. The Hall–Kier alpha value is -1.71. The molecule has 0 aromatic heterocycles. The van der Waals surface area contributed by atoms with Gasteiger partial charge in [-0.3, -0.25) is 4.79 Å². The van der Waals surface area contributed by atoms with E-state index < -0.39 is 0 Å². The molecule has 1 N–H and O–H groups in total. The molecule has 112 valence electrons. The van der Waals surface area contributed by atoms with Crippen LogP contribution >= 0.6 is 0 Å². The number of anilines is 2. The van der Waals surface area contributed by atoms with Crippen molar-refractivity contribution in [2.45, 2.75) is 34.1 Å². The van der Waals surface area contributed by atoms with Crippen LogP contribution in [0.4, 0.5) is 11.4 Å². The van der Waals surface area contributed by atoms with E-state index in [2.05, 4.69) is 31.0 Å². The Balaban J connectivity index is 3.00. The first-order valence-electron chi connectivity index (χ1n) is 7.18. The van der Waals surface area contributed by atoms with Crippen molar-refractivity contribution in [3.63, 3.8) is 0 Å². The fourth-order valence-corrected chi connectivity index (χ4v) is 2.08. The van der Waals surface area contributed by atoms with E-state index in [-0.39, 0.29) is 5.91 Å². The highest BCUT2D eigenvalue weighted by molar-refractivity contribution is 5.89. The van der Waals surface area contributed by atoms with Gasteiger partial charge in [0.1, 0.15) is 5.75 Å². The molecule has 20 heavy (non-hydrogen) atoms. The molecule has 1 rings (SSSR count). The molecule has 0 radical (unpaired) electrons. The Morgan fingerprint density at radius 1 is 1.40 bits per heavy atom. The zero-order chi connectivity index (χ0) is 15.1. The second-order valence-electron chi connectivity index (χ2n) is 5.33. The highest BCUT2D eigenvalue weighted by Gasteiger charge is 2.12. The molecule has 0 fully saturated rings. The van der Waals surface area contributed by atoms with Gasteiger partial charge in [0, 0.05) is 25.7 Å². The summed E-state index contributed by atoms with van der Waals surface area (Å²) in [5.74, 6) is 1.43. The summed E-state index contributed by atoms with van der Waals surface area (Å²) in [6, 6.07) is 5.74. The maximum absolute atomic E-state index is 11.2. The van der Waals surface area contributed by atoms with E-state index in [1.54, 1.807) is 7.11 Å². The maximum atomic E-state index is 11.2. The molecular weight excluding hydrogens is 252 g/mol. The molecule has 0 bridgehead atoms. The SMILES string of the molecule is CCN(CCC(C)C)c1cc(NC(C)=O)ccc1OC. The number of hydrogen-bond donors (Lipinski definition) is 1. The third kappa shape index (κ3) is 4.76. The standard InChI is InChI=1S/C16H26N2O2/c1-6-18(10-9-12(2)3)15-11-14(17-13(4)19)7-8-16(15)20-5/h7-8,11-12H,6,9-10H2,1-5H3,(H,17,19). The Morgan fingerprint density at radius 3 is 2.60 bits per heavy atom. The molecule has 1 aromatic rings. The van der Waals surface area contributed by atoms with Crippen LogP contribution in [0.5, 0.6) is 5.75 Å². The number of methoxy groups -OCH3 is 1. The molecule has 0 aliphatic carbocycles. The lowest BCUT2D eigenvalue weighted by Gasteiger charge is -2.26. The molecule has 4 nitrogen and oxygen atoms in total. The summed E-state index contributed by atoms with van der Waals surface area (Å²) < 4.78 is 5.44. The number of amides is 1. The fraction of sp³-hybridized carbons (Fsp3) is 0.562. The van der Waals surface area contributed by atoms with Crippen LogP contribution in [0.2, 0.25) is 0 Å². The van der Waals surface area contributed by atoms with Crippen LogP contribution in [0.15, 0.2) is 18.2 Å². The number of carbonyl (C=O) groups excluding carboxylic acids is 1. The minimum absolute atomic E-state index is 0.0636. The average molecular weight is 278 g/mol. The van der Waals surface area contributed by atoms with Crippen molar-refractivity contribution in [3.8, 4) is 5.75 Å². The highest BCUT2D eigenvalue weighted by atomic mass is 16.5. The summed E-state index contributed by atoms with van der Waals surface area (Å²) in [7, 11) is 1.67. The van der Waals surface area contributed by atoms with E-state index in [1.165, 1.54) is 6.92 Å². The van der Waals surface area contributed by atoms with E-state index in [4.69, 9.17) is 4.74 Å². The van der Waals surface area contributed by atoms with Crippen molar-refractivity contribution < 1.29 is 9.53 Å². The number of carbonyl (C=O) groups is 1. The predicted octanol–water partition coefficient (Wildman–Crippen LogP) is 3.53. The van der Waals surface area contributed by atoms with Crippen LogP contribution in [0.1, 0.15) is 34.1 Å². The lowest BCUT2D eigenvalue weighted by molar-refractivity contribution is -0.114. The van der Waals surface area contributed by atoms with Crippen LogP contribution in [0.3, 0.4) is 0 Å². The summed E-state index contributed by atoms with van der Waals surface area (Å²) in [4.78, 5) is 13.5. The van der Waals surface area contributed by atoms with Crippen molar-refractivity contribution in [3.05, 3.63) is 18.2 Å². The minimum atomic E-state index is -0.0636. The van der Waals surface area contributed by atoms with Gasteiger partial charge in [-0.15, -0.1) is 0 Å². The van der Waals surface area contributed by atoms with E-state index in [0.29, 0.717) is 5.92 Å². The quantitative estimate of drug-likeness (QED) is 0.829. The van der Waals surface area contributed by atoms with Gasteiger partial charge < -0.3 is 15.0 Å². The first kappa shape index (κ1) is 16.3. The molecule has 4 heteroatoms. The largest absolute Gasteiger partial charge is 0.495 e. The molecule has 0 aliphatic heterocycles. The molecule has 0 aliphatic rings. The van der Waals surface area contributed by atoms with E-state index in [9.17, 15) is 4.79 Å². The molecular formula is C16H26N2O2. The third-order valence-corrected chi connectivity index (χ3v) is 3.20. The second kappa shape index (κ2) is 7.78. The van der Waals surface area contributed by atoms with Crippen molar-refractivity contribution in [1.29, 1.82) is 0 Å². The summed E-state index contributed by atoms with van der Waals surface area (Å²) in [6.45, 7) is 9.98. The molecule has 0 unspecified atom stereocenters. The first-order chi connectivity index (χ1) is 9.47. The van der Waals surface area contributed by atoms with E-state index in [0.717, 1.165) is 36.6 Å². The van der Waals surface area contributed by atoms with Crippen LogP contribution < -0.4 is 15.0 Å². The lowest BCUT2D eigenvalue weighted by Crippen LogP contribution is -2.25. The Labute approximate surface area is 122 Å². The number of nitrogens with zero attached hydrogens (tertiary/aromatic N) is 1. The number of hydrogen-bond acceptors (Lipinski definition) is 3. The van der Waals surface area contributed by atoms with Gasteiger partial charge in [-0.2, -0.15) is 0 Å². The first-order valence-corrected chi connectivity index (χ1v) is 7.18. The smallest absolute Gasteiger partial charge is 0.221 e. The summed E-state index contributed by atoms with van der Waals surface area (Å²) in [6.07, 6.45) is 1.13. The van der Waals surface area contributed by atoms with Gasteiger partial charge in [-0.05, 0) is 37.5 Å². The number of ether oxygens (including phenoxy) is 1. The zero-order valence-corrected chi connectivity index (χ0v) is 13.2. The van der Waals surface area contributed by atoms with Crippen LogP contribution in [0.25, 0.3) is 0 Å². The van der Waals surface area contributed by atoms with Gasteiger partial charge in [-0.25, -0.2) is 0 Å². The summed E-state index contributed by atoms with van der Waals surface area (Å²) in [5, 5.41) is 2.82. The number of nitrogens with one attached hydrogen (secondary N) is 1. The van der Waals surface area contributed by atoms with Gasteiger partial charge in [-0.1, -0.05) is 13.8 Å². The fourth-order valence-electron chi connectivity index (χ4n) is 2.08. The Morgan fingerprint density at radius 2 is 2.10 bits per heavy atom. The molecule has 0 spiro atoms. The zero-order valence-electron chi connectivity index (χ0n) is 13.2. The molecule has 0 heterocycles. The van der Waals surface area contributed by atoms with Crippen LogP contribution in [0, 0.1) is 5.92 Å². The monoisotopic (exact) mass is 278 g/mol. The van der Waals surface area contributed by atoms with Gasteiger partial charge >= 0.3 is 0 Å². The van der Waals surface area contributed by atoms with Crippen LogP contribution in [-0.2, 0) is 4.79 Å². The number of rotatable bonds is 7.